The molecular weight excluding hydrogens is 328 g/mol. The minimum Gasteiger partial charge on any atom is -0.144 e. The van der Waals surface area contributed by atoms with E-state index in [9.17, 15) is 0 Å². The lowest BCUT2D eigenvalue weighted by atomic mass is 9.85. The average molecular weight is 351 g/mol. The van der Waals surface area contributed by atoms with E-state index in [0.717, 1.165) is 0 Å². The molecule has 0 aliphatic heterocycles. The van der Waals surface area contributed by atoms with Crippen molar-refractivity contribution in [2.75, 3.05) is 0 Å². The highest BCUT2D eigenvalue weighted by molar-refractivity contribution is 7.11. The maximum atomic E-state index is 2.30. The zero-order valence-corrected chi connectivity index (χ0v) is 16.0. The highest BCUT2D eigenvalue weighted by Gasteiger charge is 2.14. The van der Waals surface area contributed by atoms with Gasteiger partial charge in [-0.05, 0) is 63.2 Å². The van der Waals surface area contributed by atoms with Crippen molar-refractivity contribution in [2.45, 2.75) is 26.2 Å². The van der Waals surface area contributed by atoms with Gasteiger partial charge in [0, 0.05) is 9.75 Å². The molecule has 0 unspecified atom stereocenters. The van der Waals surface area contributed by atoms with Gasteiger partial charge in [0.25, 0.3) is 0 Å². The first-order valence-electron chi connectivity index (χ1n) is 8.09. The predicted molar refractivity (Wildman–Crippen MR) is 112 cm³/mol. The van der Waals surface area contributed by atoms with Crippen LogP contribution in [0.4, 0.5) is 0 Å². The van der Waals surface area contributed by atoms with E-state index in [1.807, 2.05) is 0 Å². The Morgan fingerprint density at radius 2 is 1.21 bits per heavy atom. The van der Waals surface area contributed by atoms with Gasteiger partial charge in [-0.3, -0.25) is 0 Å². The molecule has 0 saturated carbocycles. The summed E-state index contributed by atoms with van der Waals surface area (Å²) in [6, 6.07) is 15.3. The van der Waals surface area contributed by atoms with Gasteiger partial charge in [-0.2, -0.15) is 0 Å². The van der Waals surface area contributed by atoms with Gasteiger partial charge in [0.15, 0.2) is 0 Å². The largest absolute Gasteiger partial charge is 0.144 e. The molecule has 0 fully saturated rings. The lowest BCUT2D eigenvalue weighted by molar-refractivity contribution is 0.590. The molecule has 122 valence electrons. The highest BCUT2D eigenvalue weighted by atomic mass is 32.1. The molecule has 0 amide bonds. The van der Waals surface area contributed by atoms with Crippen LogP contribution < -0.4 is 0 Å². The monoisotopic (exact) mass is 350 g/mol. The molecule has 3 rings (SSSR count). The third-order valence-corrected chi connectivity index (χ3v) is 5.49. The van der Waals surface area contributed by atoms with Crippen LogP contribution in [0.1, 0.15) is 47.2 Å². The normalized spacial score (nSPS) is 12.5. The maximum Gasteiger partial charge on any atom is 0.0270 e. The molecule has 2 aromatic heterocycles. The first kappa shape index (κ1) is 16.9. The zero-order chi connectivity index (χ0) is 17.0. The highest BCUT2D eigenvalue weighted by Crippen LogP contribution is 2.27. The van der Waals surface area contributed by atoms with E-state index >= 15 is 0 Å². The molecule has 2 heteroatoms. The van der Waals surface area contributed by atoms with Gasteiger partial charge in [-0.15, -0.1) is 22.7 Å². The quantitative estimate of drug-likeness (QED) is 0.458. The van der Waals surface area contributed by atoms with Crippen LogP contribution in [0.2, 0.25) is 0 Å². The summed E-state index contributed by atoms with van der Waals surface area (Å²) in [6.07, 6.45) is 8.81. The van der Waals surface area contributed by atoms with Crippen molar-refractivity contribution in [3.8, 4) is 0 Å². The van der Waals surface area contributed by atoms with E-state index in [4.69, 9.17) is 0 Å². The molecule has 24 heavy (non-hydrogen) atoms. The Balaban J connectivity index is 1.94. The second-order valence-corrected chi connectivity index (χ2v) is 8.79. The van der Waals surface area contributed by atoms with Gasteiger partial charge < -0.3 is 0 Å². The van der Waals surface area contributed by atoms with Gasteiger partial charge >= 0.3 is 0 Å². The summed E-state index contributed by atoms with van der Waals surface area (Å²) in [6.45, 7) is 6.80. The molecule has 1 aromatic carbocycles. The number of hydrogen-bond donors (Lipinski definition) is 0. The van der Waals surface area contributed by atoms with Crippen LogP contribution in [0, 0.1) is 0 Å². The van der Waals surface area contributed by atoms with Crippen molar-refractivity contribution < 1.29 is 0 Å². The summed E-state index contributed by atoms with van der Waals surface area (Å²) in [5.41, 5.74) is 4.00. The second-order valence-electron chi connectivity index (χ2n) is 6.84. The van der Waals surface area contributed by atoms with E-state index in [0.29, 0.717) is 0 Å². The Kier molecular flexibility index (Phi) is 5.17. The fourth-order valence-electron chi connectivity index (χ4n) is 2.43. The number of benzene rings is 1. The third-order valence-electron chi connectivity index (χ3n) is 3.81. The average Bonchev–Trinajstić information content (AvgIpc) is 3.23. The summed E-state index contributed by atoms with van der Waals surface area (Å²) in [5.74, 6) is 0. The zero-order valence-electron chi connectivity index (χ0n) is 14.3. The number of thiophene rings is 2. The van der Waals surface area contributed by atoms with Crippen LogP contribution >= 0.6 is 22.7 Å². The van der Waals surface area contributed by atoms with E-state index < -0.39 is 0 Å². The first-order valence-corrected chi connectivity index (χ1v) is 9.85. The number of hydrogen-bond acceptors (Lipinski definition) is 2. The molecule has 0 saturated heterocycles. The summed E-state index contributed by atoms with van der Waals surface area (Å²) >= 11 is 3.53. The van der Waals surface area contributed by atoms with Crippen molar-refractivity contribution in [1.82, 2.24) is 0 Å². The van der Waals surface area contributed by atoms with E-state index in [-0.39, 0.29) is 5.41 Å². The Bertz CT molecular complexity index is 764. The van der Waals surface area contributed by atoms with Crippen molar-refractivity contribution >= 4 is 47.0 Å². The molecule has 0 aliphatic rings. The molecule has 0 atom stereocenters. The van der Waals surface area contributed by atoms with Gasteiger partial charge in [-0.25, -0.2) is 0 Å². The van der Waals surface area contributed by atoms with Gasteiger partial charge in [0.2, 0.25) is 0 Å². The lowest BCUT2D eigenvalue weighted by Gasteiger charge is -2.20. The van der Waals surface area contributed by atoms with Crippen LogP contribution in [0.15, 0.2) is 53.2 Å². The standard InChI is InChI=1S/C22H22S2/c1-22(2,3)19-15-17(8-10-20-6-4-12-23-20)14-18(16-19)9-11-21-7-5-13-24-21/h4-16H,1-3H3/b10-8+,11-9+. The van der Waals surface area contributed by atoms with E-state index in [1.54, 1.807) is 22.7 Å². The molecule has 0 nitrogen and oxygen atoms in total. The first-order chi connectivity index (χ1) is 11.5. The van der Waals surface area contributed by atoms with Crippen molar-refractivity contribution in [3.63, 3.8) is 0 Å². The summed E-state index contributed by atoms with van der Waals surface area (Å²) in [4.78, 5) is 2.57. The molecule has 0 bridgehead atoms. The smallest absolute Gasteiger partial charge is 0.0270 e. The maximum absolute atomic E-state index is 2.30. The summed E-state index contributed by atoms with van der Waals surface area (Å²) < 4.78 is 0. The Hall–Kier alpha value is -1.90. The topological polar surface area (TPSA) is 0 Å². The van der Waals surface area contributed by atoms with E-state index in [2.05, 4.69) is 98.3 Å². The fraction of sp³-hybridized carbons (Fsp3) is 0.182. The summed E-state index contributed by atoms with van der Waals surface area (Å²) in [7, 11) is 0. The predicted octanol–water partition coefficient (Wildman–Crippen LogP) is 7.45. The molecule has 3 aromatic rings. The van der Waals surface area contributed by atoms with Crippen molar-refractivity contribution in [2.24, 2.45) is 0 Å². The van der Waals surface area contributed by atoms with Crippen molar-refractivity contribution in [3.05, 3.63) is 79.7 Å². The molecule has 0 aliphatic carbocycles. The fourth-order valence-corrected chi connectivity index (χ4v) is 3.67. The SMILES string of the molecule is CC(C)(C)c1cc(/C=C/c2cccs2)cc(/C=C/c2cccs2)c1. The number of rotatable bonds is 4. The minimum atomic E-state index is 0.137. The van der Waals surface area contributed by atoms with Gasteiger partial charge in [-0.1, -0.05) is 57.2 Å². The van der Waals surface area contributed by atoms with Crippen LogP contribution in [-0.4, -0.2) is 0 Å². The Labute approximate surface area is 152 Å². The molecule has 0 N–H and O–H groups in total. The molecule has 0 radical (unpaired) electrons. The molecule has 0 spiro atoms. The van der Waals surface area contributed by atoms with Gasteiger partial charge in [0.1, 0.15) is 0 Å². The van der Waals surface area contributed by atoms with Crippen LogP contribution in [-0.2, 0) is 5.41 Å². The minimum absolute atomic E-state index is 0.137. The Morgan fingerprint density at radius 1 is 0.708 bits per heavy atom. The third kappa shape index (κ3) is 4.56. The lowest BCUT2D eigenvalue weighted by Crippen LogP contribution is -2.11. The van der Waals surface area contributed by atoms with Crippen LogP contribution in [0.25, 0.3) is 24.3 Å². The molecular formula is C22H22S2. The van der Waals surface area contributed by atoms with Crippen LogP contribution in [0.3, 0.4) is 0 Å². The second kappa shape index (κ2) is 7.33. The van der Waals surface area contributed by atoms with Gasteiger partial charge in [0.05, 0.1) is 0 Å². The Morgan fingerprint density at radius 3 is 1.58 bits per heavy atom. The van der Waals surface area contributed by atoms with Crippen LogP contribution in [0.5, 0.6) is 0 Å². The van der Waals surface area contributed by atoms with E-state index in [1.165, 1.54) is 26.4 Å². The van der Waals surface area contributed by atoms with Crippen molar-refractivity contribution in [1.29, 1.82) is 0 Å². The molecule has 2 heterocycles. The summed E-state index contributed by atoms with van der Waals surface area (Å²) in [5, 5.41) is 4.22.